The van der Waals surface area contributed by atoms with E-state index in [0.717, 1.165) is 39.3 Å². The summed E-state index contributed by atoms with van der Waals surface area (Å²) < 4.78 is 2.07. The van der Waals surface area contributed by atoms with E-state index in [2.05, 4.69) is 19.7 Å². The minimum atomic E-state index is 0.0476. The largest absolute Gasteiger partial charge is 0.329 e. The van der Waals surface area contributed by atoms with Crippen molar-refractivity contribution in [2.24, 2.45) is 0 Å². The van der Waals surface area contributed by atoms with Gasteiger partial charge in [0.1, 0.15) is 5.82 Å². The summed E-state index contributed by atoms with van der Waals surface area (Å²) in [5.74, 6) is 1.81. The van der Waals surface area contributed by atoms with Crippen LogP contribution in [0.2, 0.25) is 0 Å². The average Bonchev–Trinajstić information content (AvgIpc) is 3.26. The van der Waals surface area contributed by atoms with Crippen LogP contribution in [-0.4, -0.2) is 37.1 Å². The minimum absolute atomic E-state index is 0.0476. The number of aromatic nitrogens is 4. The molecule has 23 heavy (non-hydrogen) atoms. The summed E-state index contributed by atoms with van der Waals surface area (Å²) in [6.07, 6.45) is 0. The molecule has 0 spiro atoms. The first-order valence-electron chi connectivity index (χ1n) is 7.31. The summed E-state index contributed by atoms with van der Waals surface area (Å²) in [5.41, 5.74) is 1.67. The van der Waals surface area contributed by atoms with Crippen molar-refractivity contribution in [3.8, 4) is 10.6 Å². The van der Waals surface area contributed by atoms with Crippen LogP contribution in [0.3, 0.4) is 0 Å². The van der Waals surface area contributed by atoms with Crippen LogP contribution in [0.5, 0.6) is 0 Å². The number of thiazole rings is 1. The van der Waals surface area contributed by atoms with Crippen molar-refractivity contribution in [3.05, 3.63) is 39.0 Å². The zero-order valence-corrected chi connectivity index (χ0v) is 14.4. The lowest BCUT2D eigenvalue weighted by molar-refractivity contribution is 0.0707. The van der Waals surface area contributed by atoms with E-state index < -0.39 is 0 Å². The number of carbonyl (C=O) groups excluding carboxylic acids is 1. The third-order valence-electron chi connectivity index (χ3n) is 3.94. The normalized spacial score (nSPS) is 14.1. The van der Waals surface area contributed by atoms with Gasteiger partial charge in [0, 0.05) is 23.8 Å². The highest BCUT2D eigenvalue weighted by molar-refractivity contribution is 7.14. The molecule has 0 fully saturated rings. The minimum Gasteiger partial charge on any atom is -0.329 e. The quantitative estimate of drug-likeness (QED) is 0.716. The molecule has 6 nitrogen and oxygen atoms in total. The van der Waals surface area contributed by atoms with Gasteiger partial charge in [0.05, 0.1) is 27.7 Å². The Morgan fingerprint density at radius 3 is 2.83 bits per heavy atom. The standard InChI is InChI=1S/C15H15N5OS2/c1-9-17-18-14-6-19(3-4-20(9)14)15(21)11-5-13(23-7-11)12-8-22-10(2)16-12/h5,7-8H,3-4,6H2,1-2H3. The van der Waals surface area contributed by atoms with E-state index in [1.165, 1.54) is 0 Å². The van der Waals surface area contributed by atoms with Gasteiger partial charge < -0.3 is 9.47 Å². The van der Waals surface area contributed by atoms with E-state index in [0.29, 0.717) is 13.1 Å². The van der Waals surface area contributed by atoms with Crippen molar-refractivity contribution in [1.29, 1.82) is 0 Å². The fourth-order valence-corrected chi connectivity index (χ4v) is 4.25. The number of aryl methyl sites for hydroxylation is 2. The molecule has 0 radical (unpaired) electrons. The van der Waals surface area contributed by atoms with Gasteiger partial charge in [-0.05, 0) is 19.9 Å². The maximum atomic E-state index is 12.7. The van der Waals surface area contributed by atoms with Gasteiger partial charge in [-0.2, -0.15) is 0 Å². The van der Waals surface area contributed by atoms with Crippen LogP contribution >= 0.6 is 22.7 Å². The van der Waals surface area contributed by atoms with Crippen LogP contribution in [0.4, 0.5) is 0 Å². The molecule has 8 heteroatoms. The molecule has 0 atom stereocenters. The van der Waals surface area contributed by atoms with Gasteiger partial charge >= 0.3 is 0 Å². The van der Waals surface area contributed by atoms with E-state index in [4.69, 9.17) is 0 Å². The van der Waals surface area contributed by atoms with Gasteiger partial charge in [0.15, 0.2) is 5.82 Å². The van der Waals surface area contributed by atoms with E-state index in [9.17, 15) is 4.79 Å². The highest BCUT2D eigenvalue weighted by Gasteiger charge is 2.25. The van der Waals surface area contributed by atoms with Crippen LogP contribution in [0.15, 0.2) is 16.8 Å². The van der Waals surface area contributed by atoms with Crippen LogP contribution in [0, 0.1) is 13.8 Å². The Kier molecular flexibility index (Phi) is 3.50. The zero-order chi connectivity index (χ0) is 16.0. The van der Waals surface area contributed by atoms with Crippen LogP contribution < -0.4 is 0 Å². The number of hydrogen-bond donors (Lipinski definition) is 0. The van der Waals surface area contributed by atoms with Crippen molar-refractivity contribution in [2.75, 3.05) is 6.54 Å². The molecular formula is C15H15N5OS2. The molecule has 0 unspecified atom stereocenters. The molecule has 0 N–H and O–H groups in total. The molecule has 0 bridgehead atoms. The smallest absolute Gasteiger partial charge is 0.255 e. The maximum absolute atomic E-state index is 12.7. The van der Waals surface area contributed by atoms with Crippen molar-refractivity contribution < 1.29 is 4.79 Å². The second-order valence-corrected chi connectivity index (χ2v) is 7.47. The number of hydrogen-bond acceptors (Lipinski definition) is 6. The molecule has 0 aromatic carbocycles. The third kappa shape index (κ3) is 2.57. The number of nitrogens with zero attached hydrogens (tertiary/aromatic N) is 5. The maximum Gasteiger partial charge on any atom is 0.255 e. The number of rotatable bonds is 2. The number of amides is 1. The van der Waals surface area contributed by atoms with E-state index >= 15 is 0 Å². The molecule has 3 aromatic rings. The van der Waals surface area contributed by atoms with Gasteiger partial charge in [-0.25, -0.2) is 4.98 Å². The van der Waals surface area contributed by atoms with Gasteiger partial charge in [-0.1, -0.05) is 0 Å². The fraction of sp³-hybridized carbons (Fsp3) is 0.333. The molecular weight excluding hydrogens is 330 g/mol. The number of thiophene rings is 1. The van der Waals surface area contributed by atoms with Gasteiger partial charge in [0.25, 0.3) is 5.91 Å². The topological polar surface area (TPSA) is 63.9 Å². The van der Waals surface area contributed by atoms with Crippen molar-refractivity contribution in [1.82, 2.24) is 24.6 Å². The monoisotopic (exact) mass is 345 g/mol. The molecule has 1 amide bonds. The second kappa shape index (κ2) is 5.54. The Morgan fingerprint density at radius 2 is 2.04 bits per heavy atom. The first-order valence-corrected chi connectivity index (χ1v) is 9.07. The Labute approximate surface area is 141 Å². The van der Waals surface area contributed by atoms with Gasteiger partial charge in [-0.3, -0.25) is 4.79 Å². The predicted octanol–water partition coefficient (Wildman–Crippen LogP) is 2.74. The average molecular weight is 345 g/mol. The molecule has 0 saturated heterocycles. The zero-order valence-electron chi connectivity index (χ0n) is 12.8. The summed E-state index contributed by atoms with van der Waals surface area (Å²) in [6, 6.07) is 1.94. The van der Waals surface area contributed by atoms with E-state index in [-0.39, 0.29) is 5.91 Å². The Balaban J connectivity index is 1.55. The summed E-state index contributed by atoms with van der Waals surface area (Å²) in [6.45, 7) is 5.88. The summed E-state index contributed by atoms with van der Waals surface area (Å²) in [5, 5.41) is 13.2. The highest BCUT2D eigenvalue weighted by Crippen LogP contribution is 2.29. The van der Waals surface area contributed by atoms with E-state index in [1.807, 2.05) is 35.6 Å². The predicted molar refractivity (Wildman–Crippen MR) is 89.7 cm³/mol. The molecule has 3 aromatic heterocycles. The first kappa shape index (κ1) is 14.5. The van der Waals surface area contributed by atoms with Crippen molar-refractivity contribution in [3.63, 3.8) is 0 Å². The lowest BCUT2D eigenvalue weighted by Crippen LogP contribution is -2.38. The van der Waals surface area contributed by atoms with E-state index in [1.54, 1.807) is 22.7 Å². The van der Waals surface area contributed by atoms with Crippen molar-refractivity contribution in [2.45, 2.75) is 26.9 Å². The molecule has 1 aliphatic rings. The molecule has 0 saturated carbocycles. The Hall–Kier alpha value is -2.06. The summed E-state index contributed by atoms with van der Waals surface area (Å²) >= 11 is 3.18. The lowest BCUT2D eigenvalue weighted by atomic mass is 10.2. The SMILES string of the molecule is Cc1nc(-c2cc(C(=O)N3CCn4c(C)nnc4C3)cs2)cs1. The molecule has 1 aliphatic heterocycles. The van der Waals surface area contributed by atoms with Gasteiger partial charge in [0.2, 0.25) is 0 Å². The molecule has 118 valence electrons. The highest BCUT2D eigenvalue weighted by atomic mass is 32.1. The fourth-order valence-electron chi connectivity index (χ4n) is 2.72. The van der Waals surface area contributed by atoms with Crippen molar-refractivity contribution >= 4 is 28.6 Å². The lowest BCUT2D eigenvalue weighted by Gasteiger charge is -2.27. The summed E-state index contributed by atoms with van der Waals surface area (Å²) in [4.78, 5) is 20.1. The Morgan fingerprint density at radius 1 is 1.17 bits per heavy atom. The molecule has 4 rings (SSSR count). The summed E-state index contributed by atoms with van der Waals surface area (Å²) in [7, 11) is 0. The van der Waals surface area contributed by atoms with Crippen LogP contribution in [0.25, 0.3) is 10.6 Å². The van der Waals surface area contributed by atoms with Crippen LogP contribution in [-0.2, 0) is 13.1 Å². The third-order valence-corrected chi connectivity index (χ3v) is 5.67. The first-order chi connectivity index (χ1) is 11.1. The number of fused-ring (bicyclic) bond motifs is 1. The number of carbonyl (C=O) groups is 1. The molecule has 0 aliphatic carbocycles. The molecule has 4 heterocycles. The Bertz CT molecular complexity index is 878. The second-order valence-electron chi connectivity index (χ2n) is 5.49. The van der Waals surface area contributed by atoms with Gasteiger partial charge in [-0.15, -0.1) is 32.9 Å². The van der Waals surface area contributed by atoms with Crippen LogP contribution in [0.1, 0.15) is 27.0 Å².